The Bertz CT molecular complexity index is 324. The van der Waals surface area contributed by atoms with Crippen molar-refractivity contribution >= 4 is 0 Å². The second-order valence-electron chi connectivity index (χ2n) is 4.32. The first-order valence-corrected chi connectivity index (χ1v) is 6.15. The maximum atomic E-state index is 9.85. The van der Waals surface area contributed by atoms with E-state index in [1.165, 1.54) is 0 Å². The molecule has 0 aromatic heterocycles. The number of benzene rings is 1. The zero-order chi connectivity index (χ0) is 12.1. The fraction of sp³-hybridized carbons (Fsp3) is 0.571. The molecular formula is C14H23NO. The van der Waals surface area contributed by atoms with Crippen LogP contribution in [-0.2, 0) is 0 Å². The van der Waals surface area contributed by atoms with Gasteiger partial charge in [0.15, 0.2) is 0 Å². The minimum atomic E-state index is 0.265. The molecule has 0 aliphatic heterocycles. The molecule has 1 rings (SSSR count). The fourth-order valence-corrected chi connectivity index (χ4v) is 2.22. The van der Waals surface area contributed by atoms with Gasteiger partial charge in [0.1, 0.15) is 5.75 Å². The number of phenolic OH excluding ortho intramolecular Hbond substituents is 1. The van der Waals surface area contributed by atoms with Gasteiger partial charge in [-0.3, -0.25) is 4.90 Å². The number of para-hydroxylation sites is 1. The lowest BCUT2D eigenvalue weighted by atomic mass is 10.0. The molecule has 0 fully saturated rings. The molecule has 0 radical (unpaired) electrons. The normalized spacial score (nSPS) is 15.1. The van der Waals surface area contributed by atoms with E-state index in [-0.39, 0.29) is 6.04 Å². The van der Waals surface area contributed by atoms with Gasteiger partial charge in [0, 0.05) is 17.6 Å². The van der Waals surface area contributed by atoms with Gasteiger partial charge in [0.05, 0.1) is 0 Å². The summed E-state index contributed by atoms with van der Waals surface area (Å²) in [5, 5.41) is 9.85. The second kappa shape index (κ2) is 5.90. The molecule has 2 nitrogen and oxygen atoms in total. The van der Waals surface area contributed by atoms with Crippen LogP contribution in [-0.4, -0.2) is 22.6 Å². The zero-order valence-electron chi connectivity index (χ0n) is 10.8. The molecule has 0 saturated carbocycles. The minimum Gasteiger partial charge on any atom is -0.508 e. The Morgan fingerprint density at radius 2 is 1.81 bits per heavy atom. The SMILES string of the molecule is CCC(C)N(CC)C(C)c1ccccc1O. The van der Waals surface area contributed by atoms with Crippen molar-refractivity contribution in [3.63, 3.8) is 0 Å². The first-order valence-electron chi connectivity index (χ1n) is 6.15. The molecule has 0 amide bonds. The predicted octanol–water partition coefficient (Wildman–Crippen LogP) is 3.57. The van der Waals surface area contributed by atoms with Gasteiger partial charge in [0.25, 0.3) is 0 Å². The van der Waals surface area contributed by atoms with Crippen molar-refractivity contribution in [2.75, 3.05) is 6.54 Å². The highest BCUT2D eigenvalue weighted by Gasteiger charge is 2.20. The molecule has 2 unspecified atom stereocenters. The Kier molecular flexibility index (Phi) is 4.81. The largest absolute Gasteiger partial charge is 0.508 e. The first kappa shape index (κ1) is 13.0. The van der Waals surface area contributed by atoms with Gasteiger partial charge in [-0.25, -0.2) is 0 Å². The average Bonchev–Trinajstić information content (AvgIpc) is 2.30. The van der Waals surface area contributed by atoms with Crippen LogP contribution in [0.4, 0.5) is 0 Å². The molecule has 1 aromatic rings. The van der Waals surface area contributed by atoms with Crippen LogP contribution >= 0.6 is 0 Å². The van der Waals surface area contributed by atoms with Gasteiger partial charge in [-0.15, -0.1) is 0 Å². The van der Waals surface area contributed by atoms with Gasteiger partial charge < -0.3 is 5.11 Å². The molecule has 0 aliphatic carbocycles. The van der Waals surface area contributed by atoms with Crippen LogP contribution in [0.25, 0.3) is 0 Å². The van der Waals surface area contributed by atoms with Crippen LogP contribution in [0, 0.1) is 0 Å². The van der Waals surface area contributed by atoms with Gasteiger partial charge in [-0.1, -0.05) is 32.0 Å². The lowest BCUT2D eigenvalue weighted by molar-refractivity contribution is 0.157. The van der Waals surface area contributed by atoms with Crippen LogP contribution in [0.5, 0.6) is 5.75 Å². The van der Waals surface area contributed by atoms with Gasteiger partial charge >= 0.3 is 0 Å². The Morgan fingerprint density at radius 3 is 2.31 bits per heavy atom. The van der Waals surface area contributed by atoms with Crippen molar-refractivity contribution in [2.45, 2.75) is 46.2 Å². The standard InChI is InChI=1S/C14H23NO/c1-5-11(3)15(6-2)12(4)13-9-7-8-10-14(13)16/h7-12,16H,5-6H2,1-4H3. The molecule has 0 saturated heterocycles. The van der Waals surface area contributed by atoms with Crippen molar-refractivity contribution in [3.8, 4) is 5.75 Å². The van der Waals surface area contributed by atoms with E-state index in [1.54, 1.807) is 6.07 Å². The summed E-state index contributed by atoms with van der Waals surface area (Å²) in [7, 11) is 0. The molecular weight excluding hydrogens is 198 g/mol. The lowest BCUT2D eigenvalue weighted by Gasteiger charge is -2.33. The summed E-state index contributed by atoms with van der Waals surface area (Å²) in [5.41, 5.74) is 1.02. The van der Waals surface area contributed by atoms with E-state index in [4.69, 9.17) is 0 Å². The van der Waals surface area contributed by atoms with E-state index >= 15 is 0 Å². The summed E-state index contributed by atoms with van der Waals surface area (Å²) in [6, 6.07) is 8.42. The van der Waals surface area contributed by atoms with E-state index in [0.717, 1.165) is 18.5 Å². The van der Waals surface area contributed by atoms with Gasteiger partial charge in [-0.05, 0) is 32.9 Å². The van der Waals surface area contributed by atoms with Crippen molar-refractivity contribution < 1.29 is 5.11 Å². The Morgan fingerprint density at radius 1 is 1.19 bits per heavy atom. The monoisotopic (exact) mass is 221 g/mol. The summed E-state index contributed by atoms with van der Waals surface area (Å²) in [6.07, 6.45) is 1.13. The summed E-state index contributed by atoms with van der Waals surface area (Å²) in [6.45, 7) is 9.77. The smallest absolute Gasteiger partial charge is 0.120 e. The van der Waals surface area contributed by atoms with Crippen LogP contribution < -0.4 is 0 Å². The highest BCUT2D eigenvalue weighted by molar-refractivity contribution is 5.34. The Hall–Kier alpha value is -1.02. The second-order valence-corrected chi connectivity index (χ2v) is 4.32. The van der Waals surface area contributed by atoms with Crippen molar-refractivity contribution in [2.24, 2.45) is 0 Å². The van der Waals surface area contributed by atoms with Crippen LogP contribution in [0.1, 0.15) is 45.7 Å². The maximum absolute atomic E-state index is 9.85. The van der Waals surface area contributed by atoms with Gasteiger partial charge in [0.2, 0.25) is 0 Å². The number of rotatable bonds is 5. The maximum Gasteiger partial charge on any atom is 0.120 e. The average molecular weight is 221 g/mol. The number of phenols is 1. The van der Waals surface area contributed by atoms with E-state index in [1.807, 2.05) is 18.2 Å². The molecule has 0 aliphatic rings. The summed E-state index contributed by atoms with van der Waals surface area (Å²) in [5.74, 6) is 0.400. The van der Waals surface area contributed by atoms with Crippen LogP contribution in [0.2, 0.25) is 0 Å². The fourth-order valence-electron chi connectivity index (χ4n) is 2.22. The quantitative estimate of drug-likeness (QED) is 0.821. The molecule has 0 heterocycles. The number of hydrogen-bond donors (Lipinski definition) is 1. The van der Waals surface area contributed by atoms with Crippen LogP contribution in [0.15, 0.2) is 24.3 Å². The Labute approximate surface area is 98.9 Å². The first-order chi connectivity index (χ1) is 7.61. The van der Waals surface area contributed by atoms with E-state index < -0.39 is 0 Å². The number of nitrogens with zero attached hydrogens (tertiary/aromatic N) is 1. The third-order valence-corrected chi connectivity index (χ3v) is 3.41. The molecule has 0 bridgehead atoms. The molecule has 16 heavy (non-hydrogen) atoms. The molecule has 2 heteroatoms. The molecule has 90 valence electrons. The van der Waals surface area contributed by atoms with E-state index in [0.29, 0.717) is 11.8 Å². The highest BCUT2D eigenvalue weighted by atomic mass is 16.3. The minimum absolute atomic E-state index is 0.265. The third kappa shape index (κ3) is 2.76. The third-order valence-electron chi connectivity index (χ3n) is 3.41. The number of hydrogen-bond acceptors (Lipinski definition) is 2. The van der Waals surface area contributed by atoms with Crippen molar-refractivity contribution in [1.82, 2.24) is 4.90 Å². The van der Waals surface area contributed by atoms with E-state index in [2.05, 4.69) is 32.6 Å². The lowest BCUT2D eigenvalue weighted by Crippen LogP contribution is -2.34. The molecule has 2 atom stereocenters. The predicted molar refractivity (Wildman–Crippen MR) is 68.7 cm³/mol. The summed E-state index contributed by atoms with van der Waals surface area (Å²) < 4.78 is 0. The summed E-state index contributed by atoms with van der Waals surface area (Å²) >= 11 is 0. The molecule has 1 aromatic carbocycles. The topological polar surface area (TPSA) is 23.5 Å². The molecule has 0 spiro atoms. The highest BCUT2D eigenvalue weighted by Crippen LogP contribution is 2.29. The number of aromatic hydroxyl groups is 1. The van der Waals surface area contributed by atoms with Crippen molar-refractivity contribution in [3.05, 3.63) is 29.8 Å². The van der Waals surface area contributed by atoms with Crippen LogP contribution in [0.3, 0.4) is 0 Å². The van der Waals surface area contributed by atoms with Crippen molar-refractivity contribution in [1.29, 1.82) is 0 Å². The Balaban J connectivity index is 2.91. The molecule has 1 N–H and O–H groups in total. The summed E-state index contributed by atoms with van der Waals surface area (Å²) in [4.78, 5) is 2.41. The van der Waals surface area contributed by atoms with Gasteiger partial charge in [-0.2, -0.15) is 0 Å². The zero-order valence-corrected chi connectivity index (χ0v) is 10.8. The van der Waals surface area contributed by atoms with E-state index in [9.17, 15) is 5.11 Å².